The second-order valence-electron chi connectivity index (χ2n) is 5.77. The van der Waals surface area contributed by atoms with E-state index in [2.05, 4.69) is 33.9 Å². The monoisotopic (exact) mass is 327 g/mol. The molecule has 1 unspecified atom stereocenters. The second-order valence-corrected chi connectivity index (χ2v) is 8.00. The summed E-state index contributed by atoms with van der Waals surface area (Å²) in [6.45, 7) is 6.11. The number of rotatable bonds is 7. The van der Waals surface area contributed by atoms with Gasteiger partial charge in [-0.1, -0.05) is 13.8 Å². The second kappa shape index (κ2) is 7.21. The molecule has 8 heteroatoms. The minimum Gasteiger partial charge on any atom is -0.355 e. The van der Waals surface area contributed by atoms with Crippen LogP contribution in [-0.2, 0) is 9.84 Å². The first-order valence-corrected chi connectivity index (χ1v) is 9.67. The summed E-state index contributed by atoms with van der Waals surface area (Å²) in [5, 5.41) is 8.13. The van der Waals surface area contributed by atoms with Gasteiger partial charge in [-0.2, -0.15) is 10.1 Å². The average Bonchev–Trinajstić information content (AvgIpc) is 2.86. The molecule has 0 radical (unpaired) electrons. The molecule has 0 amide bonds. The minimum atomic E-state index is -2.92. The molecule has 1 aromatic heterocycles. The molecule has 1 saturated heterocycles. The van der Waals surface area contributed by atoms with E-state index in [1.807, 2.05) is 11.9 Å². The van der Waals surface area contributed by atoms with Gasteiger partial charge >= 0.3 is 0 Å². The fraction of sp³-hybridized carbons (Fsp3) is 0.786. The van der Waals surface area contributed by atoms with E-state index in [4.69, 9.17) is 0 Å². The van der Waals surface area contributed by atoms with E-state index < -0.39 is 9.84 Å². The maximum Gasteiger partial charge on any atom is 0.247 e. The zero-order chi connectivity index (χ0) is 16.2. The molecule has 1 fully saturated rings. The van der Waals surface area contributed by atoms with Crippen LogP contribution in [0.1, 0.15) is 33.1 Å². The van der Waals surface area contributed by atoms with Gasteiger partial charge in [0, 0.05) is 26.2 Å². The van der Waals surface area contributed by atoms with Gasteiger partial charge in [-0.25, -0.2) is 8.42 Å². The zero-order valence-electron chi connectivity index (χ0n) is 13.6. The average molecular weight is 327 g/mol. The van der Waals surface area contributed by atoms with Crippen LogP contribution in [0.15, 0.2) is 6.20 Å². The van der Waals surface area contributed by atoms with Gasteiger partial charge in [0.25, 0.3) is 0 Å². The lowest BCUT2D eigenvalue weighted by molar-refractivity contribution is 0.600. The Bertz CT molecular complexity index is 587. The topological polar surface area (TPSA) is 79.3 Å². The van der Waals surface area contributed by atoms with E-state index in [-0.39, 0.29) is 17.5 Å². The molecule has 0 aromatic carbocycles. The SMILES string of the molecule is CCCN(CCC)c1cnnc(N(C)C2CCS(=O)(=O)C2)n1. The Morgan fingerprint density at radius 1 is 1.27 bits per heavy atom. The predicted molar refractivity (Wildman–Crippen MR) is 88.1 cm³/mol. The lowest BCUT2D eigenvalue weighted by atomic mass is 10.2. The molecule has 1 aliphatic heterocycles. The largest absolute Gasteiger partial charge is 0.355 e. The fourth-order valence-corrected chi connectivity index (χ4v) is 4.49. The summed E-state index contributed by atoms with van der Waals surface area (Å²) in [4.78, 5) is 8.62. The molecular weight excluding hydrogens is 302 g/mol. The van der Waals surface area contributed by atoms with E-state index in [1.165, 1.54) is 0 Å². The van der Waals surface area contributed by atoms with E-state index in [1.54, 1.807) is 6.20 Å². The van der Waals surface area contributed by atoms with Crippen LogP contribution >= 0.6 is 0 Å². The first-order chi connectivity index (χ1) is 10.5. The molecule has 0 spiro atoms. The van der Waals surface area contributed by atoms with Crippen LogP contribution in [-0.4, -0.2) is 61.3 Å². The van der Waals surface area contributed by atoms with Crippen LogP contribution in [0.2, 0.25) is 0 Å². The van der Waals surface area contributed by atoms with Gasteiger partial charge in [0.15, 0.2) is 15.7 Å². The molecule has 7 nitrogen and oxygen atoms in total. The Balaban J connectivity index is 2.16. The van der Waals surface area contributed by atoms with E-state index in [0.717, 1.165) is 31.7 Å². The number of nitrogens with zero attached hydrogens (tertiary/aromatic N) is 5. The van der Waals surface area contributed by atoms with Crippen LogP contribution in [0.25, 0.3) is 0 Å². The normalized spacial score (nSPS) is 20.0. The molecule has 22 heavy (non-hydrogen) atoms. The summed E-state index contributed by atoms with van der Waals surface area (Å²) in [6.07, 6.45) is 4.38. The van der Waals surface area contributed by atoms with Crippen molar-refractivity contribution in [2.24, 2.45) is 0 Å². The molecular formula is C14H25N5O2S. The number of sulfone groups is 1. The molecule has 2 rings (SSSR count). The van der Waals surface area contributed by atoms with Gasteiger partial charge in [0.2, 0.25) is 5.95 Å². The van der Waals surface area contributed by atoms with Gasteiger partial charge in [-0.15, -0.1) is 5.10 Å². The third kappa shape index (κ3) is 4.06. The van der Waals surface area contributed by atoms with Crippen LogP contribution in [0, 0.1) is 0 Å². The quantitative estimate of drug-likeness (QED) is 0.742. The minimum absolute atomic E-state index is 0.0622. The highest BCUT2D eigenvalue weighted by Crippen LogP contribution is 2.21. The highest BCUT2D eigenvalue weighted by atomic mass is 32.2. The van der Waals surface area contributed by atoms with Crippen molar-refractivity contribution < 1.29 is 8.42 Å². The summed E-state index contributed by atoms with van der Waals surface area (Å²) >= 11 is 0. The molecule has 0 saturated carbocycles. The lowest BCUT2D eigenvalue weighted by Gasteiger charge is -2.26. The maximum atomic E-state index is 11.6. The third-order valence-electron chi connectivity index (χ3n) is 3.92. The first kappa shape index (κ1) is 16.9. The van der Waals surface area contributed by atoms with Gasteiger partial charge in [0.1, 0.15) is 0 Å². The van der Waals surface area contributed by atoms with E-state index in [0.29, 0.717) is 12.4 Å². The highest BCUT2D eigenvalue weighted by molar-refractivity contribution is 7.91. The van der Waals surface area contributed by atoms with Crippen molar-refractivity contribution in [3.05, 3.63) is 6.20 Å². The van der Waals surface area contributed by atoms with Crippen LogP contribution in [0.3, 0.4) is 0 Å². The summed E-state index contributed by atoms with van der Waals surface area (Å²) < 4.78 is 23.3. The van der Waals surface area contributed by atoms with Crippen molar-refractivity contribution in [2.75, 3.05) is 41.4 Å². The van der Waals surface area contributed by atoms with Crippen molar-refractivity contribution in [1.82, 2.24) is 15.2 Å². The van der Waals surface area contributed by atoms with E-state index in [9.17, 15) is 8.42 Å². The maximum absolute atomic E-state index is 11.6. The Kier molecular flexibility index (Phi) is 5.55. The molecule has 0 N–H and O–H groups in total. The predicted octanol–water partition coefficient (Wildman–Crippen LogP) is 1.12. The third-order valence-corrected chi connectivity index (χ3v) is 5.67. The van der Waals surface area contributed by atoms with E-state index >= 15 is 0 Å². The van der Waals surface area contributed by atoms with Crippen LogP contribution in [0.4, 0.5) is 11.8 Å². The summed E-state index contributed by atoms with van der Waals surface area (Å²) in [5.74, 6) is 1.72. The fourth-order valence-electron chi connectivity index (χ4n) is 2.71. The Labute approximate surface area is 132 Å². The molecule has 2 heterocycles. The Hall–Kier alpha value is -1.44. The smallest absolute Gasteiger partial charge is 0.247 e. The Morgan fingerprint density at radius 3 is 2.50 bits per heavy atom. The number of hydrogen-bond acceptors (Lipinski definition) is 7. The van der Waals surface area contributed by atoms with Gasteiger partial charge in [-0.3, -0.25) is 0 Å². The molecule has 1 atom stereocenters. The van der Waals surface area contributed by atoms with Gasteiger partial charge in [-0.05, 0) is 19.3 Å². The molecule has 1 aliphatic rings. The Morgan fingerprint density at radius 2 is 1.95 bits per heavy atom. The highest BCUT2D eigenvalue weighted by Gasteiger charge is 2.32. The molecule has 0 bridgehead atoms. The zero-order valence-corrected chi connectivity index (χ0v) is 14.4. The summed E-state index contributed by atoms with van der Waals surface area (Å²) in [5.41, 5.74) is 0. The van der Waals surface area contributed by atoms with Crippen molar-refractivity contribution in [2.45, 2.75) is 39.2 Å². The number of aromatic nitrogens is 3. The molecule has 1 aromatic rings. The van der Waals surface area contributed by atoms with Gasteiger partial charge in [0.05, 0.1) is 17.7 Å². The number of anilines is 2. The van der Waals surface area contributed by atoms with Crippen molar-refractivity contribution >= 4 is 21.6 Å². The number of hydrogen-bond donors (Lipinski definition) is 0. The summed E-state index contributed by atoms with van der Waals surface area (Å²) in [6, 6.07) is -0.0622. The summed E-state index contributed by atoms with van der Waals surface area (Å²) in [7, 11) is -1.08. The lowest BCUT2D eigenvalue weighted by Crippen LogP contribution is -2.35. The van der Waals surface area contributed by atoms with Crippen molar-refractivity contribution in [3.63, 3.8) is 0 Å². The van der Waals surface area contributed by atoms with Crippen molar-refractivity contribution in [1.29, 1.82) is 0 Å². The standard InChI is InChI=1S/C14H25N5O2S/c1-4-7-19(8-5-2)13-10-15-17-14(16-13)18(3)12-6-9-22(20,21)11-12/h10,12H,4-9,11H2,1-3H3. The van der Waals surface area contributed by atoms with Crippen LogP contribution in [0.5, 0.6) is 0 Å². The first-order valence-electron chi connectivity index (χ1n) is 7.84. The van der Waals surface area contributed by atoms with Crippen LogP contribution < -0.4 is 9.80 Å². The van der Waals surface area contributed by atoms with Gasteiger partial charge < -0.3 is 9.80 Å². The molecule has 0 aliphatic carbocycles. The van der Waals surface area contributed by atoms with Crippen molar-refractivity contribution in [3.8, 4) is 0 Å². The molecule has 124 valence electrons.